The molecule has 2 aromatic carbocycles. The van der Waals surface area contributed by atoms with Crippen LogP contribution in [0.15, 0.2) is 53.1 Å². The molecule has 4 rings (SSSR count). The van der Waals surface area contributed by atoms with Gasteiger partial charge in [-0.2, -0.15) is 4.98 Å². The van der Waals surface area contributed by atoms with Crippen LogP contribution in [0.1, 0.15) is 17.9 Å². The molecule has 3 aromatic rings. The van der Waals surface area contributed by atoms with E-state index in [1.165, 1.54) is 0 Å². The zero-order valence-electron chi connectivity index (χ0n) is 18.5. The Morgan fingerprint density at radius 1 is 0.938 bits per heavy atom. The van der Waals surface area contributed by atoms with Crippen molar-refractivity contribution < 1.29 is 18.8 Å². The van der Waals surface area contributed by atoms with Crippen molar-refractivity contribution in [2.75, 3.05) is 40.4 Å². The van der Waals surface area contributed by atoms with Crippen LogP contribution in [0.5, 0.6) is 11.5 Å². The minimum absolute atomic E-state index is 0.194. The fourth-order valence-corrected chi connectivity index (χ4v) is 3.72. The predicted molar refractivity (Wildman–Crippen MR) is 119 cm³/mol. The molecule has 1 amide bonds. The Bertz CT molecular complexity index is 1010. The minimum atomic E-state index is 0.194. The van der Waals surface area contributed by atoms with Crippen molar-refractivity contribution in [1.29, 1.82) is 0 Å². The molecule has 8 heteroatoms. The lowest BCUT2D eigenvalue weighted by Gasteiger charge is -2.34. The maximum absolute atomic E-state index is 12.6. The fourth-order valence-electron chi connectivity index (χ4n) is 3.72. The van der Waals surface area contributed by atoms with Crippen LogP contribution in [0.25, 0.3) is 11.4 Å². The molecule has 0 unspecified atom stereocenters. The van der Waals surface area contributed by atoms with Gasteiger partial charge in [0, 0.05) is 38.2 Å². The highest BCUT2D eigenvalue weighted by Crippen LogP contribution is 2.20. The number of nitrogens with zero attached hydrogens (tertiary/aromatic N) is 4. The van der Waals surface area contributed by atoms with Crippen LogP contribution < -0.4 is 9.47 Å². The van der Waals surface area contributed by atoms with Crippen LogP contribution in [0, 0.1) is 0 Å². The van der Waals surface area contributed by atoms with Crippen LogP contribution in [0.2, 0.25) is 0 Å². The molecule has 1 aliphatic heterocycles. The number of aryl methyl sites for hydroxylation is 1. The highest BCUT2D eigenvalue weighted by Gasteiger charge is 2.22. The number of carbonyl (C=O) groups is 1. The molecule has 0 atom stereocenters. The summed E-state index contributed by atoms with van der Waals surface area (Å²) < 4.78 is 15.8. The van der Waals surface area contributed by atoms with E-state index in [0.29, 0.717) is 37.8 Å². The van der Waals surface area contributed by atoms with Gasteiger partial charge in [0.05, 0.1) is 20.8 Å². The van der Waals surface area contributed by atoms with Crippen molar-refractivity contribution in [3.63, 3.8) is 0 Å². The van der Waals surface area contributed by atoms with E-state index in [2.05, 4.69) is 15.0 Å². The van der Waals surface area contributed by atoms with Gasteiger partial charge in [0.25, 0.3) is 0 Å². The molecule has 32 heavy (non-hydrogen) atoms. The van der Waals surface area contributed by atoms with E-state index in [1.807, 2.05) is 53.4 Å². The molecule has 168 valence electrons. The number of hydrogen-bond acceptors (Lipinski definition) is 7. The number of carbonyl (C=O) groups excluding carboxylic acids is 1. The summed E-state index contributed by atoms with van der Waals surface area (Å²) in [5.74, 6) is 2.95. The first kappa shape index (κ1) is 21.8. The van der Waals surface area contributed by atoms with Gasteiger partial charge in [0.1, 0.15) is 11.5 Å². The Morgan fingerprint density at radius 3 is 2.19 bits per heavy atom. The number of aromatic nitrogens is 2. The average Bonchev–Trinajstić information content (AvgIpc) is 3.32. The van der Waals surface area contributed by atoms with Gasteiger partial charge >= 0.3 is 0 Å². The van der Waals surface area contributed by atoms with Crippen molar-refractivity contribution in [3.8, 4) is 22.9 Å². The van der Waals surface area contributed by atoms with Gasteiger partial charge in [-0.25, -0.2) is 0 Å². The zero-order chi connectivity index (χ0) is 22.3. The van der Waals surface area contributed by atoms with Crippen molar-refractivity contribution in [2.24, 2.45) is 0 Å². The Hall–Kier alpha value is -3.39. The summed E-state index contributed by atoms with van der Waals surface area (Å²) in [6.07, 6.45) is 1.25. The van der Waals surface area contributed by atoms with Crippen molar-refractivity contribution >= 4 is 5.91 Å². The van der Waals surface area contributed by atoms with Crippen molar-refractivity contribution in [1.82, 2.24) is 19.9 Å². The fraction of sp³-hybridized carbons (Fsp3) is 0.375. The highest BCUT2D eigenvalue weighted by molar-refractivity contribution is 5.76. The number of amides is 1. The average molecular weight is 437 g/mol. The largest absolute Gasteiger partial charge is 0.497 e. The SMILES string of the molecule is COc1ccc(CCC(=O)N2CCN(Cc3nc(-c4ccc(OC)cc4)no3)CC2)cc1. The second-order valence-corrected chi connectivity index (χ2v) is 7.75. The van der Waals surface area contributed by atoms with Crippen LogP contribution in [0.4, 0.5) is 0 Å². The zero-order valence-corrected chi connectivity index (χ0v) is 18.5. The molecule has 1 aromatic heterocycles. The lowest BCUT2D eigenvalue weighted by atomic mass is 10.1. The summed E-state index contributed by atoms with van der Waals surface area (Å²) in [5, 5.41) is 4.09. The number of rotatable bonds is 8. The first-order valence-electron chi connectivity index (χ1n) is 10.7. The Balaban J connectivity index is 1.23. The molecule has 0 bridgehead atoms. The van der Waals surface area contributed by atoms with E-state index in [-0.39, 0.29) is 5.91 Å². The van der Waals surface area contributed by atoms with Gasteiger partial charge in [-0.15, -0.1) is 0 Å². The number of benzene rings is 2. The Labute approximate surface area is 187 Å². The molecule has 1 aliphatic rings. The normalized spacial score (nSPS) is 14.4. The van der Waals surface area contributed by atoms with E-state index in [4.69, 9.17) is 14.0 Å². The molecular formula is C24H28N4O4. The molecule has 1 fully saturated rings. The second-order valence-electron chi connectivity index (χ2n) is 7.75. The lowest BCUT2D eigenvalue weighted by molar-refractivity contribution is -0.133. The topological polar surface area (TPSA) is 80.9 Å². The standard InChI is InChI=1S/C24H28N4O4/c1-30-20-8-3-18(4-9-20)5-12-23(29)28-15-13-27(14-16-28)17-22-25-24(26-32-22)19-6-10-21(31-2)11-7-19/h3-4,6-11H,5,12-17H2,1-2H3. The smallest absolute Gasteiger partial charge is 0.241 e. The summed E-state index contributed by atoms with van der Waals surface area (Å²) in [6, 6.07) is 15.4. The summed E-state index contributed by atoms with van der Waals surface area (Å²) in [5.41, 5.74) is 2.02. The molecule has 0 radical (unpaired) electrons. The lowest BCUT2D eigenvalue weighted by Crippen LogP contribution is -2.48. The monoisotopic (exact) mass is 436 g/mol. The van der Waals surface area contributed by atoms with Crippen LogP contribution in [-0.2, 0) is 17.8 Å². The molecule has 0 N–H and O–H groups in total. The third-order valence-electron chi connectivity index (χ3n) is 5.69. The Kier molecular flexibility index (Phi) is 7.01. The number of ether oxygens (including phenoxy) is 2. The summed E-state index contributed by atoms with van der Waals surface area (Å²) in [7, 11) is 3.28. The van der Waals surface area contributed by atoms with Gasteiger partial charge in [-0.1, -0.05) is 17.3 Å². The van der Waals surface area contributed by atoms with E-state index >= 15 is 0 Å². The maximum atomic E-state index is 12.6. The number of piperazine rings is 1. The predicted octanol–water partition coefficient (Wildman–Crippen LogP) is 3.03. The summed E-state index contributed by atoms with van der Waals surface area (Å²) in [6.45, 7) is 3.57. The van der Waals surface area contributed by atoms with Crippen LogP contribution >= 0.6 is 0 Å². The number of methoxy groups -OCH3 is 2. The third-order valence-corrected chi connectivity index (χ3v) is 5.69. The molecular weight excluding hydrogens is 408 g/mol. The quantitative estimate of drug-likeness (QED) is 0.537. The van der Waals surface area contributed by atoms with Gasteiger partial charge in [-0.05, 0) is 48.4 Å². The van der Waals surface area contributed by atoms with Gasteiger partial charge in [-0.3, -0.25) is 9.69 Å². The van der Waals surface area contributed by atoms with E-state index in [1.54, 1.807) is 14.2 Å². The molecule has 0 saturated carbocycles. The maximum Gasteiger partial charge on any atom is 0.241 e. The third kappa shape index (κ3) is 5.45. The summed E-state index contributed by atoms with van der Waals surface area (Å²) in [4.78, 5) is 21.3. The van der Waals surface area contributed by atoms with Gasteiger partial charge in [0.2, 0.25) is 17.6 Å². The molecule has 8 nitrogen and oxygen atoms in total. The van der Waals surface area contributed by atoms with E-state index in [9.17, 15) is 4.79 Å². The summed E-state index contributed by atoms with van der Waals surface area (Å²) >= 11 is 0. The van der Waals surface area contributed by atoms with Gasteiger partial charge < -0.3 is 18.9 Å². The van der Waals surface area contributed by atoms with Crippen molar-refractivity contribution in [2.45, 2.75) is 19.4 Å². The highest BCUT2D eigenvalue weighted by atomic mass is 16.5. The van der Waals surface area contributed by atoms with Gasteiger partial charge in [0.15, 0.2) is 0 Å². The van der Waals surface area contributed by atoms with Crippen molar-refractivity contribution in [3.05, 3.63) is 60.0 Å². The molecule has 0 spiro atoms. The first-order chi connectivity index (χ1) is 15.6. The Morgan fingerprint density at radius 2 is 1.56 bits per heavy atom. The van der Waals surface area contributed by atoms with Crippen LogP contribution in [-0.4, -0.2) is 66.2 Å². The molecule has 2 heterocycles. The van der Waals surface area contributed by atoms with E-state index in [0.717, 1.165) is 42.1 Å². The second kappa shape index (κ2) is 10.3. The minimum Gasteiger partial charge on any atom is -0.497 e. The van der Waals surface area contributed by atoms with E-state index < -0.39 is 0 Å². The molecule has 1 saturated heterocycles. The number of hydrogen-bond donors (Lipinski definition) is 0. The van der Waals surface area contributed by atoms with Crippen LogP contribution in [0.3, 0.4) is 0 Å². The molecule has 0 aliphatic carbocycles. The first-order valence-corrected chi connectivity index (χ1v) is 10.7.